The Hall–Kier alpha value is -1.84. The van der Waals surface area contributed by atoms with Crippen molar-refractivity contribution < 1.29 is 4.79 Å². The van der Waals surface area contributed by atoms with E-state index in [2.05, 4.69) is 36.1 Å². The third kappa shape index (κ3) is 4.16. The Morgan fingerprint density at radius 1 is 0.958 bits per heavy atom. The van der Waals surface area contributed by atoms with Gasteiger partial charge in [-0.3, -0.25) is 9.69 Å². The van der Waals surface area contributed by atoms with Gasteiger partial charge in [0.1, 0.15) is 0 Å². The highest BCUT2D eigenvalue weighted by Gasteiger charge is 2.21. The van der Waals surface area contributed by atoms with Gasteiger partial charge in [-0.1, -0.05) is 54.1 Å². The molecule has 24 heavy (non-hydrogen) atoms. The van der Waals surface area contributed by atoms with Gasteiger partial charge in [0.2, 0.25) is 5.91 Å². The maximum atomic E-state index is 12.5. The number of aryl methyl sites for hydroxylation is 1. The van der Waals surface area contributed by atoms with Crippen LogP contribution in [0.5, 0.6) is 0 Å². The van der Waals surface area contributed by atoms with Gasteiger partial charge in [-0.15, -0.1) is 0 Å². The molecular weight excluding hydrogens is 320 g/mol. The van der Waals surface area contributed by atoms with Crippen molar-refractivity contribution in [3.05, 3.63) is 70.2 Å². The standard InChI is InChI=1S/C20H23ClN2O/c1-16-6-2-3-8-18(16)15-22-10-12-23(13-11-22)20(24)14-17-7-4-5-9-19(17)21/h2-9H,10-15H2,1H3. The lowest BCUT2D eigenvalue weighted by molar-refractivity contribution is -0.132. The fraction of sp³-hybridized carbons (Fsp3) is 0.350. The van der Waals surface area contributed by atoms with Crippen molar-refractivity contribution in [2.45, 2.75) is 19.9 Å². The van der Waals surface area contributed by atoms with Crippen molar-refractivity contribution >= 4 is 17.5 Å². The average Bonchev–Trinajstić information content (AvgIpc) is 2.59. The highest BCUT2D eigenvalue weighted by atomic mass is 35.5. The van der Waals surface area contributed by atoms with Gasteiger partial charge in [0.05, 0.1) is 6.42 Å². The summed E-state index contributed by atoms with van der Waals surface area (Å²) in [6, 6.07) is 16.1. The lowest BCUT2D eigenvalue weighted by Gasteiger charge is -2.35. The molecule has 0 atom stereocenters. The molecule has 3 rings (SSSR count). The first kappa shape index (κ1) is 17.0. The molecule has 0 N–H and O–H groups in total. The van der Waals surface area contributed by atoms with Gasteiger partial charge >= 0.3 is 0 Å². The molecule has 3 nitrogen and oxygen atoms in total. The Morgan fingerprint density at radius 3 is 2.25 bits per heavy atom. The zero-order valence-electron chi connectivity index (χ0n) is 14.0. The topological polar surface area (TPSA) is 23.6 Å². The van der Waals surface area contributed by atoms with Gasteiger partial charge in [0.15, 0.2) is 0 Å². The molecule has 1 amide bonds. The minimum absolute atomic E-state index is 0.165. The molecule has 2 aromatic rings. The Labute approximate surface area is 148 Å². The first-order valence-corrected chi connectivity index (χ1v) is 8.79. The summed E-state index contributed by atoms with van der Waals surface area (Å²) in [5, 5.41) is 0.670. The second-order valence-electron chi connectivity index (χ2n) is 6.35. The summed E-state index contributed by atoms with van der Waals surface area (Å²) in [5.41, 5.74) is 3.61. The van der Waals surface area contributed by atoms with E-state index >= 15 is 0 Å². The summed E-state index contributed by atoms with van der Waals surface area (Å²) in [4.78, 5) is 16.9. The molecule has 0 aliphatic carbocycles. The van der Waals surface area contributed by atoms with Gasteiger partial charge in [0, 0.05) is 37.7 Å². The minimum atomic E-state index is 0.165. The maximum absolute atomic E-state index is 12.5. The molecule has 0 spiro atoms. The van der Waals surface area contributed by atoms with Crippen molar-refractivity contribution in [3.8, 4) is 0 Å². The number of halogens is 1. The van der Waals surface area contributed by atoms with Crippen LogP contribution in [0, 0.1) is 6.92 Å². The Balaban J connectivity index is 1.52. The lowest BCUT2D eigenvalue weighted by Crippen LogP contribution is -2.48. The molecule has 0 saturated carbocycles. The molecule has 1 heterocycles. The fourth-order valence-corrected chi connectivity index (χ4v) is 3.30. The smallest absolute Gasteiger partial charge is 0.227 e. The van der Waals surface area contributed by atoms with Crippen LogP contribution < -0.4 is 0 Å². The highest BCUT2D eigenvalue weighted by Crippen LogP contribution is 2.17. The molecule has 0 bridgehead atoms. The molecule has 4 heteroatoms. The minimum Gasteiger partial charge on any atom is -0.340 e. The van der Waals surface area contributed by atoms with Crippen LogP contribution in [-0.4, -0.2) is 41.9 Å². The Bertz CT molecular complexity index is 708. The van der Waals surface area contributed by atoms with Crippen LogP contribution in [0.4, 0.5) is 0 Å². The largest absolute Gasteiger partial charge is 0.340 e. The predicted octanol–water partition coefficient (Wildman–Crippen LogP) is 3.54. The van der Waals surface area contributed by atoms with Gasteiger partial charge in [-0.05, 0) is 29.7 Å². The molecule has 0 radical (unpaired) electrons. The lowest BCUT2D eigenvalue weighted by atomic mass is 10.1. The SMILES string of the molecule is Cc1ccccc1CN1CCN(C(=O)Cc2ccccc2Cl)CC1. The van der Waals surface area contributed by atoms with Crippen LogP contribution in [0.1, 0.15) is 16.7 Å². The first-order chi connectivity index (χ1) is 11.6. The summed E-state index contributed by atoms with van der Waals surface area (Å²) in [6.07, 6.45) is 0.386. The maximum Gasteiger partial charge on any atom is 0.227 e. The highest BCUT2D eigenvalue weighted by molar-refractivity contribution is 6.31. The molecule has 1 saturated heterocycles. The molecule has 1 aliphatic rings. The summed E-state index contributed by atoms with van der Waals surface area (Å²) < 4.78 is 0. The Morgan fingerprint density at radius 2 is 1.58 bits per heavy atom. The van der Waals surface area contributed by atoms with Gasteiger partial charge < -0.3 is 4.90 Å². The molecule has 0 unspecified atom stereocenters. The average molecular weight is 343 g/mol. The molecule has 0 aromatic heterocycles. The number of nitrogens with zero attached hydrogens (tertiary/aromatic N) is 2. The Kier molecular flexibility index (Phi) is 5.54. The molecule has 2 aromatic carbocycles. The van der Waals surface area contributed by atoms with E-state index in [1.165, 1.54) is 11.1 Å². The second-order valence-corrected chi connectivity index (χ2v) is 6.76. The van der Waals surface area contributed by atoms with Crippen molar-refractivity contribution in [1.29, 1.82) is 0 Å². The molecule has 1 aliphatic heterocycles. The van der Waals surface area contributed by atoms with Crippen molar-refractivity contribution in [3.63, 3.8) is 0 Å². The van der Waals surface area contributed by atoms with E-state index in [4.69, 9.17) is 11.6 Å². The normalized spacial score (nSPS) is 15.5. The van der Waals surface area contributed by atoms with E-state index in [1.54, 1.807) is 0 Å². The summed E-state index contributed by atoms with van der Waals surface area (Å²) in [6.45, 7) is 6.52. The third-order valence-electron chi connectivity index (χ3n) is 4.68. The number of rotatable bonds is 4. The number of amides is 1. The summed E-state index contributed by atoms with van der Waals surface area (Å²) in [7, 11) is 0. The van der Waals surface area contributed by atoms with Gasteiger partial charge in [0.25, 0.3) is 0 Å². The predicted molar refractivity (Wildman–Crippen MR) is 98.2 cm³/mol. The summed E-state index contributed by atoms with van der Waals surface area (Å²) in [5.74, 6) is 0.165. The first-order valence-electron chi connectivity index (χ1n) is 8.41. The zero-order valence-corrected chi connectivity index (χ0v) is 14.8. The van der Waals surface area contributed by atoms with Crippen LogP contribution in [0.3, 0.4) is 0 Å². The van der Waals surface area contributed by atoms with E-state index < -0.39 is 0 Å². The van der Waals surface area contributed by atoms with Crippen LogP contribution in [0.25, 0.3) is 0 Å². The van der Waals surface area contributed by atoms with Crippen LogP contribution in [0.2, 0.25) is 5.02 Å². The van der Waals surface area contributed by atoms with E-state index in [0.29, 0.717) is 11.4 Å². The van der Waals surface area contributed by atoms with Gasteiger partial charge in [-0.2, -0.15) is 0 Å². The van der Waals surface area contributed by atoms with E-state index in [-0.39, 0.29) is 5.91 Å². The van der Waals surface area contributed by atoms with Crippen LogP contribution >= 0.6 is 11.6 Å². The van der Waals surface area contributed by atoms with Crippen LogP contribution in [0.15, 0.2) is 48.5 Å². The quantitative estimate of drug-likeness (QED) is 0.848. The number of hydrogen-bond acceptors (Lipinski definition) is 2. The monoisotopic (exact) mass is 342 g/mol. The van der Waals surface area contributed by atoms with Crippen LogP contribution in [-0.2, 0) is 17.8 Å². The van der Waals surface area contributed by atoms with E-state index in [9.17, 15) is 4.79 Å². The number of piperazine rings is 1. The number of hydrogen-bond donors (Lipinski definition) is 0. The van der Waals surface area contributed by atoms with E-state index in [1.807, 2.05) is 29.2 Å². The van der Waals surface area contributed by atoms with Crippen molar-refractivity contribution in [2.75, 3.05) is 26.2 Å². The third-order valence-corrected chi connectivity index (χ3v) is 5.05. The van der Waals surface area contributed by atoms with E-state index in [0.717, 1.165) is 38.3 Å². The number of carbonyl (C=O) groups is 1. The van der Waals surface area contributed by atoms with Gasteiger partial charge in [-0.25, -0.2) is 0 Å². The zero-order chi connectivity index (χ0) is 16.9. The van der Waals surface area contributed by atoms with Crippen molar-refractivity contribution in [1.82, 2.24) is 9.80 Å². The molecule has 1 fully saturated rings. The number of carbonyl (C=O) groups excluding carboxylic acids is 1. The molecular formula is C20H23ClN2O. The summed E-state index contributed by atoms with van der Waals surface area (Å²) >= 11 is 6.16. The number of benzene rings is 2. The van der Waals surface area contributed by atoms with Crippen molar-refractivity contribution in [2.24, 2.45) is 0 Å². The second kappa shape index (κ2) is 7.82. The fourth-order valence-electron chi connectivity index (χ4n) is 3.10. The molecule has 126 valence electrons.